The maximum absolute atomic E-state index is 13.0. The molecule has 3 atom stereocenters. The van der Waals surface area contributed by atoms with E-state index in [2.05, 4.69) is 0 Å². The third kappa shape index (κ3) is 2.54. The van der Waals surface area contributed by atoms with E-state index in [0.717, 1.165) is 6.42 Å². The molecule has 1 N–H and O–H groups in total. The number of hydrogen-bond acceptors (Lipinski definition) is 2. The molecule has 0 amide bonds. The summed E-state index contributed by atoms with van der Waals surface area (Å²) in [6, 6.07) is 0. The Morgan fingerprint density at radius 2 is 1.48 bits per heavy atom. The molecule has 0 aromatic heterocycles. The van der Waals surface area contributed by atoms with Gasteiger partial charge in [0.1, 0.15) is 0 Å². The number of fused-ring (bicyclic) bond motifs is 2. The number of alkyl halides is 6. The van der Waals surface area contributed by atoms with Crippen LogP contribution in [0.2, 0.25) is 0 Å². The SMILES string of the molecule is O=S(=O)(O)C(CC1CC2CCC1C2)(C(F)(F)F)C(F)(F)F. The van der Waals surface area contributed by atoms with Gasteiger partial charge in [0.25, 0.3) is 14.9 Å². The van der Waals surface area contributed by atoms with Crippen molar-refractivity contribution in [3.63, 3.8) is 0 Å². The zero-order valence-electron chi connectivity index (χ0n) is 10.7. The van der Waals surface area contributed by atoms with Crippen molar-refractivity contribution in [1.82, 2.24) is 0 Å². The van der Waals surface area contributed by atoms with Gasteiger partial charge in [0.15, 0.2) is 0 Å². The van der Waals surface area contributed by atoms with E-state index < -0.39 is 39.6 Å². The van der Waals surface area contributed by atoms with Gasteiger partial charge in [-0.25, -0.2) is 0 Å². The van der Waals surface area contributed by atoms with Gasteiger partial charge >= 0.3 is 12.4 Å². The number of halogens is 6. The first kappa shape index (κ1) is 16.9. The molecule has 10 heteroatoms. The lowest BCUT2D eigenvalue weighted by atomic mass is 9.81. The molecule has 0 radical (unpaired) electrons. The van der Waals surface area contributed by atoms with Crippen molar-refractivity contribution in [1.29, 1.82) is 0 Å². The van der Waals surface area contributed by atoms with Gasteiger partial charge in [0.2, 0.25) is 0 Å². The van der Waals surface area contributed by atoms with Crippen LogP contribution in [0.4, 0.5) is 26.3 Å². The van der Waals surface area contributed by atoms with E-state index in [0.29, 0.717) is 12.8 Å². The Morgan fingerprint density at radius 1 is 0.952 bits per heavy atom. The van der Waals surface area contributed by atoms with Gasteiger partial charge in [-0.05, 0) is 43.4 Å². The fourth-order valence-electron chi connectivity index (χ4n) is 3.79. The molecule has 3 unspecified atom stereocenters. The third-order valence-corrected chi connectivity index (χ3v) is 6.30. The van der Waals surface area contributed by atoms with Gasteiger partial charge in [-0.1, -0.05) is 6.42 Å². The average Bonchev–Trinajstić information content (AvgIpc) is 2.81. The van der Waals surface area contributed by atoms with Crippen LogP contribution in [-0.4, -0.2) is 30.1 Å². The summed E-state index contributed by atoms with van der Waals surface area (Å²) in [5, 5.41) is 0. The molecular weight excluding hydrogens is 326 g/mol. The summed E-state index contributed by atoms with van der Waals surface area (Å²) in [6.45, 7) is 0. The predicted molar refractivity (Wildman–Crippen MR) is 59.9 cm³/mol. The van der Waals surface area contributed by atoms with Crippen LogP contribution < -0.4 is 0 Å². The van der Waals surface area contributed by atoms with E-state index in [4.69, 9.17) is 4.55 Å². The highest BCUT2D eigenvalue weighted by atomic mass is 32.2. The Kier molecular flexibility index (Phi) is 3.80. The van der Waals surface area contributed by atoms with Crippen molar-refractivity contribution < 1.29 is 39.3 Å². The van der Waals surface area contributed by atoms with Crippen molar-refractivity contribution in [2.24, 2.45) is 17.8 Å². The van der Waals surface area contributed by atoms with Gasteiger partial charge in [0.05, 0.1) is 0 Å². The summed E-state index contributed by atoms with van der Waals surface area (Å²) in [7, 11) is -6.40. The minimum Gasteiger partial charge on any atom is -0.285 e. The van der Waals surface area contributed by atoms with Gasteiger partial charge in [-0.15, -0.1) is 0 Å². The number of hydrogen-bond donors (Lipinski definition) is 1. The summed E-state index contributed by atoms with van der Waals surface area (Å²) in [6.07, 6.45) is -12.0. The zero-order chi connectivity index (χ0) is 16.3. The highest BCUT2D eigenvalue weighted by Gasteiger charge is 2.79. The Hall–Kier alpha value is -0.510. The second-order valence-corrected chi connectivity index (χ2v) is 7.58. The highest BCUT2D eigenvalue weighted by molar-refractivity contribution is 7.87. The fraction of sp³-hybridized carbons (Fsp3) is 1.00. The maximum atomic E-state index is 13.0. The van der Waals surface area contributed by atoms with Crippen LogP contribution in [0.15, 0.2) is 0 Å². The van der Waals surface area contributed by atoms with Crippen LogP contribution in [-0.2, 0) is 10.1 Å². The molecule has 0 spiro atoms. The zero-order valence-corrected chi connectivity index (χ0v) is 11.5. The molecule has 0 saturated heterocycles. The maximum Gasteiger partial charge on any atom is 0.419 e. The molecule has 0 heterocycles. The number of rotatable bonds is 3. The van der Waals surface area contributed by atoms with Gasteiger partial charge in [0, 0.05) is 0 Å². The van der Waals surface area contributed by atoms with Crippen LogP contribution in [0.25, 0.3) is 0 Å². The van der Waals surface area contributed by atoms with Gasteiger partial charge in [-0.3, -0.25) is 4.55 Å². The summed E-state index contributed by atoms with van der Waals surface area (Å²) in [5.41, 5.74) is 0. The van der Waals surface area contributed by atoms with Crippen molar-refractivity contribution in [3.8, 4) is 0 Å². The van der Waals surface area contributed by atoms with E-state index in [9.17, 15) is 34.8 Å². The molecule has 124 valence electrons. The van der Waals surface area contributed by atoms with Crippen molar-refractivity contribution in [2.45, 2.75) is 49.2 Å². The molecule has 0 aliphatic heterocycles. The summed E-state index contributed by atoms with van der Waals surface area (Å²) >= 11 is 0. The van der Waals surface area contributed by atoms with Gasteiger partial charge in [-0.2, -0.15) is 34.8 Å². The van der Waals surface area contributed by atoms with Crippen LogP contribution >= 0.6 is 0 Å². The van der Waals surface area contributed by atoms with Crippen LogP contribution in [0, 0.1) is 17.8 Å². The summed E-state index contributed by atoms with van der Waals surface area (Å²) in [5.74, 6) is -1.27. The Balaban J connectivity index is 2.45. The Bertz CT molecular complexity index is 495. The molecule has 0 aromatic rings. The molecule has 2 aliphatic carbocycles. The second-order valence-electron chi connectivity index (χ2n) is 5.94. The third-order valence-electron chi connectivity index (χ3n) is 4.79. The quantitative estimate of drug-likeness (QED) is 0.631. The van der Waals surface area contributed by atoms with Gasteiger partial charge < -0.3 is 0 Å². The van der Waals surface area contributed by atoms with Crippen molar-refractivity contribution >= 4 is 10.1 Å². The molecule has 2 bridgehead atoms. The van der Waals surface area contributed by atoms with Crippen LogP contribution in [0.5, 0.6) is 0 Å². The van der Waals surface area contributed by atoms with E-state index in [1.807, 2.05) is 0 Å². The van der Waals surface area contributed by atoms with E-state index in [1.54, 1.807) is 0 Å². The smallest absolute Gasteiger partial charge is 0.285 e. The highest BCUT2D eigenvalue weighted by Crippen LogP contribution is 2.57. The van der Waals surface area contributed by atoms with E-state index in [-0.39, 0.29) is 18.3 Å². The predicted octanol–water partition coefficient (Wildman–Crippen LogP) is 3.56. The molecule has 2 aliphatic rings. The average molecular weight is 340 g/mol. The molecule has 3 nitrogen and oxygen atoms in total. The normalized spacial score (nSPS) is 30.9. The second kappa shape index (κ2) is 4.74. The Morgan fingerprint density at radius 3 is 1.76 bits per heavy atom. The largest absolute Gasteiger partial charge is 0.419 e. The fourth-order valence-corrected chi connectivity index (χ4v) is 4.80. The molecule has 21 heavy (non-hydrogen) atoms. The summed E-state index contributed by atoms with van der Waals surface area (Å²) < 4.78 is 104. The topological polar surface area (TPSA) is 54.4 Å². The molecule has 2 fully saturated rings. The lowest BCUT2D eigenvalue weighted by Gasteiger charge is -2.37. The first-order valence-electron chi connectivity index (χ1n) is 6.40. The van der Waals surface area contributed by atoms with Crippen molar-refractivity contribution in [3.05, 3.63) is 0 Å². The first-order valence-corrected chi connectivity index (χ1v) is 7.84. The molecular formula is C11H14F6O3S. The molecule has 2 saturated carbocycles. The molecule has 2 rings (SSSR count). The minimum atomic E-state index is -6.40. The van der Waals surface area contributed by atoms with E-state index >= 15 is 0 Å². The van der Waals surface area contributed by atoms with Crippen LogP contribution in [0.3, 0.4) is 0 Å². The lowest BCUT2D eigenvalue weighted by Crippen LogP contribution is -2.62. The Labute approximate surface area is 117 Å². The lowest BCUT2D eigenvalue weighted by molar-refractivity contribution is -0.273. The monoisotopic (exact) mass is 340 g/mol. The summed E-state index contributed by atoms with van der Waals surface area (Å²) in [4.78, 5) is 0. The minimum absolute atomic E-state index is 0.0561. The first-order chi connectivity index (χ1) is 9.29. The van der Waals surface area contributed by atoms with Crippen LogP contribution in [0.1, 0.15) is 32.1 Å². The van der Waals surface area contributed by atoms with Crippen molar-refractivity contribution in [2.75, 3.05) is 0 Å². The standard InChI is InChI=1S/C11H14F6O3S/c12-10(13,14)9(11(15,16)17,21(18,19)20)5-8-4-6-1-2-7(8)3-6/h6-8H,1-5H2,(H,18,19,20). The molecule has 0 aromatic carbocycles. The van der Waals surface area contributed by atoms with E-state index in [1.165, 1.54) is 0 Å².